The van der Waals surface area contributed by atoms with Gasteiger partial charge in [0.25, 0.3) is 0 Å². The maximum atomic E-state index is 4.50. The summed E-state index contributed by atoms with van der Waals surface area (Å²) in [6, 6.07) is 0. The van der Waals surface area contributed by atoms with Gasteiger partial charge >= 0.3 is 16.8 Å². The molecule has 0 aromatic rings. The molecule has 17 heavy (non-hydrogen) atoms. The van der Waals surface area contributed by atoms with E-state index in [1.54, 1.807) is 0 Å². The average molecular weight is 281 g/mol. The smallest absolute Gasteiger partial charge is 0.664 e. The van der Waals surface area contributed by atoms with Crippen molar-refractivity contribution in [2.75, 3.05) is 39.3 Å². The minimum absolute atomic E-state index is 0. The Morgan fingerprint density at radius 3 is 1.59 bits per heavy atom. The molecule has 4 nitrogen and oxygen atoms in total. The summed E-state index contributed by atoms with van der Waals surface area (Å²) >= 11 is 0. The molecule has 0 spiro atoms. The standard InChI is InChI=1S/C12H22N4.Co/c1-11-12(2)16-8-4-6-14-10-9-13-5-3-7-15-11;/h3-10H2,1-2H3;/q-2;+3. The normalized spacial score (nSPS) is 20.6. The van der Waals surface area contributed by atoms with Crippen LogP contribution < -0.4 is 0 Å². The molecule has 0 saturated heterocycles. The Hall–Kier alpha value is -0.234. The van der Waals surface area contributed by atoms with E-state index < -0.39 is 0 Å². The van der Waals surface area contributed by atoms with Crippen LogP contribution in [-0.2, 0) is 16.8 Å². The summed E-state index contributed by atoms with van der Waals surface area (Å²) < 4.78 is 0. The Balaban J connectivity index is 0.00000256. The van der Waals surface area contributed by atoms with Crippen molar-refractivity contribution in [2.24, 2.45) is 9.98 Å². The van der Waals surface area contributed by atoms with Crippen molar-refractivity contribution in [2.45, 2.75) is 26.7 Å². The van der Waals surface area contributed by atoms with E-state index in [-0.39, 0.29) is 16.8 Å². The van der Waals surface area contributed by atoms with E-state index in [2.05, 4.69) is 20.6 Å². The van der Waals surface area contributed by atoms with Crippen LogP contribution in [0.1, 0.15) is 26.7 Å². The molecule has 0 atom stereocenters. The van der Waals surface area contributed by atoms with Crippen molar-refractivity contribution < 1.29 is 16.8 Å². The van der Waals surface area contributed by atoms with Gasteiger partial charge in [-0.3, -0.25) is 9.98 Å². The SMILES string of the molecule is CC1=NCCC[N-]CC[N-]CCCN=C1C.[Co+3]. The number of hydrogen-bond acceptors (Lipinski definition) is 2. The zero-order valence-electron chi connectivity index (χ0n) is 10.8. The minimum atomic E-state index is 0. The molecular formula is C12H22CoN4+. The molecular weight excluding hydrogens is 259 g/mol. The molecule has 0 aromatic carbocycles. The van der Waals surface area contributed by atoms with E-state index in [9.17, 15) is 0 Å². The molecule has 0 saturated carbocycles. The van der Waals surface area contributed by atoms with Crippen LogP contribution in [0.15, 0.2) is 9.98 Å². The van der Waals surface area contributed by atoms with Gasteiger partial charge in [0.1, 0.15) is 0 Å². The third-order valence-corrected chi connectivity index (χ3v) is 2.59. The van der Waals surface area contributed by atoms with Crippen LogP contribution in [0.2, 0.25) is 0 Å². The predicted octanol–water partition coefficient (Wildman–Crippen LogP) is 2.45. The molecule has 0 aliphatic carbocycles. The van der Waals surface area contributed by atoms with Crippen molar-refractivity contribution >= 4 is 11.4 Å². The van der Waals surface area contributed by atoms with Gasteiger partial charge in [-0.15, -0.1) is 13.1 Å². The summed E-state index contributed by atoms with van der Waals surface area (Å²) in [7, 11) is 0. The Bertz CT molecular complexity index is 225. The van der Waals surface area contributed by atoms with Crippen molar-refractivity contribution in [3.05, 3.63) is 10.6 Å². The summed E-state index contributed by atoms with van der Waals surface area (Å²) in [5, 5.41) is 8.82. The molecule has 0 unspecified atom stereocenters. The summed E-state index contributed by atoms with van der Waals surface area (Å²) in [5.41, 5.74) is 2.13. The Morgan fingerprint density at radius 2 is 1.18 bits per heavy atom. The van der Waals surface area contributed by atoms with Crippen molar-refractivity contribution in [3.8, 4) is 0 Å². The first kappa shape index (κ1) is 16.8. The van der Waals surface area contributed by atoms with E-state index in [0.717, 1.165) is 63.5 Å². The van der Waals surface area contributed by atoms with Crippen molar-refractivity contribution in [1.29, 1.82) is 0 Å². The number of nitrogens with zero attached hydrogens (tertiary/aromatic N) is 4. The number of rotatable bonds is 0. The molecule has 0 N–H and O–H groups in total. The van der Waals surface area contributed by atoms with Crippen LogP contribution in [0.3, 0.4) is 0 Å². The molecule has 0 radical (unpaired) electrons. The van der Waals surface area contributed by atoms with Crippen LogP contribution in [-0.4, -0.2) is 50.7 Å². The molecule has 0 aromatic heterocycles. The fourth-order valence-corrected chi connectivity index (χ4v) is 1.45. The first-order chi connectivity index (χ1) is 7.80. The van der Waals surface area contributed by atoms with Gasteiger partial charge in [-0.05, 0) is 13.8 Å². The zero-order chi connectivity index (χ0) is 11.6. The molecule has 1 aliphatic rings. The van der Waals surface area contributed by atoms with Crippen LogP contribution in [0.5, 0.6) is 0 Å². The molecule has 1 rings (SSSR count). The van der Waals surface area contributed by atoms with Crippen molar-refractivity contribution in [3.63, 3.8) is 0 Å². The maximum Gasteiger partial charge on any atom is 3.00 e. The van der Waals surface area contributed by atoms with Crippen LogP contribution in [0, 0.1) is 0 Å². The topological polar surface area (TPSA) is 52.9 Å². The average Bonchev–Trinajstić information content (AvgIpc) is 2.29. The van der Waals surface area contributed by atoms with E-state index in [1.807, 2.05) is 13.8 Å². The van der Waals surface area contributed by atoms with Crippen LogP contribution in [0.25, 0.3) is 10.6 Å². The van der Waals surface area contributed by atoms with Gasteiger partial charge in [0, 0.05) is 13.1 Å². The molecule has 5 heteroatoms. The van der Waals surface area contributed by atoms with Gasteiger partial charge in [0.15, 0.2) is 0 Å². The summed E-state index contributed by atoms with van der Waals surface area (Å²) in [6.07, 6.45) is 2.06. The monoisotopic (exact) mass is 281 g/mol. The van der Waals surface area contributed by atoms with E-state index in [4.69, 9.17) is 0 Å². The third kappa shape index (κ3) is 8.48. The van der Waals surface area contributed by atoms with Crippen LogP contribution >= 0.6 is 0 Å². The Kier molecular flexibility index (Phi) is 10.7. The molecule has 98 valence electrons. The summed E-state index contributed by atoms with van der Waals surface area (Å²) in [4.78, 5) is 8.99. The van der Waals surface area contributed by atoms with E-state index in [0.29, 0.717) is 0 Å². The Labute approximate surface area is 115 Å². The maximum absolute atomic E-state index is 4.50. The van der Waals surface area contributed by atoms with Gasteiger partial charge in [-0.1, -0.05) is 12.8 Å². The first-order valence-electron chi connectivity index (χ1n) is 6.09. The van der Waals surface area contributed by atoms with Gasteiger partial charge in [-0.2, -0.15) is 13.1 Å². The molecule has 0 amide bonds. The molecule has 1 aliphatic heterocycles. The van der Waals surface area contributed by atoms with Gasteiger partial charge in [0.05, 0.1) is 11.4 Å². The van der Waals surface area contributed by atoms with Gasteiger partial charge < -0.3 is 10.6 Å². The van der Waals surface area contributed by atoms with Gasteiger partial charge in [0.2, 0.25) is 0 Å². The van der Waals surface area contributed by atoms with Crippen LogP contribution in [0.4, 0.5) is 0 Å². The second kappa shape index (κ2) is 10.9. The predicted molar refractivity (Wildman–Crippen MR) is 71.4 cm³/mol. The zero-order valence-corrected chi connectivity index (χ0v) is 11.8. The second-order valence-electron chi connectivity index (χ2n) is 3.98. The van der Waals surface area contributed by atoms with Gasteiger partial charge in [-0.25, -0.2) is 0 Å². The van der Waals surface area contributed by atoms with Crippen molar-refractivity contribution in [1.82, 2.24) is 0 Å². The van der Waals surface area contributed by atoms with E-state index >= 15 is 0 Å². The third-order valence-electron chi connectivity index (χ3n) is 2.59. The number of hydrogen-bond donors (Lipinski definition) is 0. The molecule has 0 fully saturated rings. The largest absolute Gasteiger partial charge is 3.00 e. The summed E-state index contributed by atoms with van der Waals surface area (Å²) in [6.45, 7) is 9.33. The fourth-order valence-electron chi connectivity index (χ4n) is 1.45. The number of aliphatic imine (C=N–C) groups is 2. The first-order valence-corrected chi connectivity index (χ1v) is 6.09. The fraction of sp³-hybridized carbons (Fsp3) is 0.833. The Morgan fingerprint density at radius 1 is 0.765 bits per heavy atom. The summed E-state index contributed by atoms with van der Waals surface area (Å²) in [5.74, 6) is 0. The minimum Gasteiger partial charge on any atom is -0.664 e. The molecule has 0 bridgehead atoms. The second-order valence-corrected chi connectivity index (χ2v) is 3.98. The van der Waals surface area contributed by atoms with E-state index in [1.165, 1.54) is 0 Å². The quantitative estimate of drug-likeness (QED) is 0.655. The molecule has 1 heterocycles.